The summed E-state index contributed by atoms with van der Waals surface area (Å²) in [6.45, 7) is 1.26. The molecule has 0 aliphatic rings. The van der Waals surface area contributed by atoms with E-state index in [0.717, 1.165) is 0 Å². The molecule has 0 radical (unpaired) electrons. The predicted molar refractivity (Wildman–Crippen MR) is 47.1 cm³/mol. The topological polar surface area (TPSA) is 66.4 Å². The molecule has 0 aliphatic carbocycles. The monoisotopic (exact) mass is 205 g/mol. The second-order valence-corrected chi connectivity index (χ2v) is 2.14. The van der Waals surface area contributed by atoms with E-state index in [1.807, 2.05) is 0 Å². The van der Waals surface area contributed by atoms with Crippen molar-refractivity contribution in [3.8, 4) is 0 Å². The van der Waals surface area contributed by atoms with Gasteiger partial charge in [0.15, 0.2) is 0 Å². The Morgan fingerprint density at radius 2 is 2.18 bits per heavy atom. The summed E-state index contributed by atoms with van der Waals surface area (Å²) >= 11 is 3.73. The molecule has 0 aromatic carbocycles. The third kappa shape index (κ3) is 6.93. The molecule has 0 rings (SSSR count). The first-order chi connectivity index (χ1) is 4.57. The van der Waals surface area contributed by atoms with E-state index in [1.165, 1.54) is 6.92 Å². The minimum atomic E-state index is -1.06. The van der Waals surface area contributed by atoms with E-state index < -0.39 is 12.0 Å². The minimum Gasteiger partial charge on any atom is -1.00 e. The Bertz CT molecular complexity index is 161. The normalized spacial score (nSPS) is 11.1. The van der Waals surface area contributed by atoms with Crippen LogP contribution in [0.4, 0.5) is 0 Å². The Hall–Kier alpha value is 0.550. The van der Waals surface area contributed by atoms with Crippen molar-refractivity contribution in [3.05, 3.63) is 0 Å². The molecule has 11 heavy (non-hydrogen) atoms. The van der Waals surface area contributed by atoms with E-state index in [2.05, 4.69) is 17.9 Å². The Morgan fingerprint density at radius 1 is 1.73 bits per heavy atom. The molecule has 4 nitrogen and oxygen atoms in total. The van der Waals surface area contributed by atoms with E-state index in [-0.39, 0.29) is 52.3 Å². The van der Waals surface area contributed by atoms with Crippen molar-refractivity contribution < 1.29 is 17.5 Å². The van der Waals surface area contributed by atoms with Crippen LogP contribution in [0, 0.1) is 0 Å². The first-order valence-corrected chi connectivity index (χ1v) is 3.32. The van der Waals surface area contributed by atoms with Gasteiger partial charge in [-0.25, -0.2) is 4.79 Å². The smallest absolute Gasteiger partial charge is 1.00 e. The second-order valence-electron chi connectivity index (χ2n) is 1.77. The van der Waals surface area contributed by atoms with Crippen LogP contribution in [0.5, 0.6) is 0 Å². The van der Waals surface area contributed by atoms with Gasteiger partial charge in [-0.3, -0.25) is 4.79 Å². The summed E-state index contributed by atoms with van der Waals surface area (Å²) in [5.74, 6) is -1.32. The van der Waals surface area contributed by atoms with Crippen molar-refractivity contribution in [1.82, 2.24) is 5.32 Å². The largest absolute Gasteiger partial charge is 2.00 e. The summed E-state index contributed by atoms with van der Waals surface area (Å²) in [4.78, 5) is 20.5. The van der Waals surface area contributed by atoms with E-state index in [1.54, 1.807) is 0 Å². The van der Waals surface area contributed by atoms with Crippen LogP contribution in [0.3, 0.4) is 0 Å². The number of hydrogen-bond acceptors (Lipinski definition) is 3. The second kappa shape index (κ2) is 7.21. The van der Waals surface area contributed by atoms with Gasteiger partial charge in [-0.15, -0.1) is 0 Å². The molecule has 6 heteroatoms. The van der Waals surface area contributed by atoms with Crippen LogP contribution in [0.15, 0.2) is 0 Å². The van der Waals surface area contributed by atoms with E-state index in [0.29, 0.717) is 0 Å². The van der Waals surface area contributed by atoms with Gasteiger partial charge < -0.3 is 13.3 Å². The molecule has 0 fully saturated rings. The first kappa shape index (κ1) is 14.1. The third-order valence-electron chi connectivity index (χ3n) is 0.858. The van der Waals surface area contributed by atoms with Gasteiger partial charge in [0.1, 0.15) is 6.04 Å². The predicted octanol–water partition coefficient (Wildman–Crippen LogP) is -0.650. The summed E-state index contributed by atoms with van der Waals surface area (Å²) in [5.41, 5.74) is 0. The quantitative estimate of drug-likeness (QED) is 0.424. The summed E-state index contributed by atoms with van der Waals surface area (Å²) in [6.07, 6.45) is 0. The van der Waals surface area contributed by atoms with Gasteiger partial charge in [-0.1, -0.05) is 0 Å². The fourth-order valence-electron chi connectivity index (χ4n) is 0.431. The number of nitrogens with one attached hydrogen (secondary N) is 1. The molecule has 0 aromatic rings. The summed E-state index contributed by atoms with van der Waals surface area (Å²) in [5, 5.41) is 10.6. The van der Waals surface area contributed by atoms with Gasteiger partial charge in [0.2, 0.25) is 5.91 Å². The van der Waals surface area contributed by atoms with Crippen molar-refractivity contribution in [2.45, 2.75) is 13.0 Å². The fraction of sp³-hybridized carbons (Fsp3) is 0.600. The standard InChI is InChI=1S/C5H9NO3S.Ca.2H/c1-3(7)6-4(2-10)5(8)9;;;/h4,10H,2H2,1H3,(H,6,7)(H,8,9);;;/q;+2;2*-1. The number of carboxylic acid groups (broad SMARTS) is 1. The average molecular weight is 205 g/mol. The molecular formula is C5H11CaNO3S. The van der Waals surface area contributed by atoms with Crippen LogP contribution < -0.4 is 5.32 Å². The van der Waals surface area contributed by atoms with Gasteiger partial charge >= 0.3 is 43.7 Å². The van der Waals surface area contributed by atoms with Crippen molar-refractivity contribution in [2.75, 3.05) is 5.75 Å². The molecule has 0 bridgehead atoms. The van der Waals surface area contributed by atoms with Crippen LogP contribution in [0.25, 0.3) is 0 Å². The molecular weight excluding hydrogens is 194 g/mol. The van der Waals surface area contributed by atoms with Crippen LogP contribution in [-0.2, 0) is 9.59 Å². The Morgan fingerprint density at radius 3 is 2.27 bits per heavy atom. The maximum absolute atomic E-state index is 10.3. The molecule has 62 valence electrons. The van der Waals surface area contributed by atoms with Crippen molar-refractivity contribution in [3.63, 3.8) is 0 Å². The maximum Gasteiger partial charge on any atom is 2.00 e. The van der Waals surface area contributed by atoms with E-state index >= 15 is 0 Å². The Balaban J connectivity index is -0.000000135. The number of thiol groups is 1. The van der Waals surface area contributed by atoms with Gasteiger partial charge in [0.05, 0.1) is 0 Å². The Kier molecular flexibility index (Phi) is 9.24. The van der Waals surface area contributed by atoms with Gasteiger partial charge in [-0.05, 0) is 0 Å². The summed E-state index contributed by atoms with van der Waals surface area (Å²) < 4.78 is 0. The number of amides is 1. The average Bonchev–Trinajstić information content (AvgIpc) is 1.81. The molecule has 0 heterocycles. The van der Waals surface area contributed by atoms with Crippen molar-refractivity contribution in [2.24, 2.45) is 0 Å². The van der Waals surface area contributed by atoms with Crippen LogP contribution in [0.1, 0.15) is 9.78 Å². The fourth-order valence-corrected chi connectivity index (χ4v) is 0.678. The number of carboxylic acids is 1. The maximum atomic E-state index is 10.3. The molecule has 0 saturated carbocycles. The van der Waals surface area contributed by atoms with E-state index in [9.17, 15) is 9.59 Å². The zero-order valence-corrected chi connectivity index (χ0v) is 9.31. The molecule has 0 aliphatic heterocycles. The van der Waals surface area contributed by atoms with Crippen molar-refractivity contribution in [1.29, 1.82) is 0 Å². The number of carbonyl (C=O) groups is 2. The number of hydrogen-bond donors (Lipinski definition) is 3. The van der Waals surface area contributed by atoms with Crippen LogP contribution in [-0.4, -0.2) is 66.5 Å². The third-order valence-corrected chi connectivity index (χ3v) is 1.22. The molecule has 1 unspecified atom stereocenters. The summed E-state index contributed by atoms with van der Waals surface area (Å²) in [7, 11) is 0. The van der Waals surface area contributed by atoms with Gasteiger partial charge in [-0.2, -0.15) is 12.6 Å². The van der Waals surface area contributed by atoms with Crippen LogP contribution in [0.2, 0.25) is 0 Å². The molecule has 2 N–H and O–H groups in total. The SMILES string of the molecule is CC(=O)NC(CS)C(=O)O.[Ca+2].[H-].[H-]. The zero-order chi connectivity index (χ0) is 8.15. The number of rotatable bonds is 3. The molecule has 1 atom stereocenters. The number of carbonyl (C=O) groups excluding carboxylic acids is 1. The van der Waals surface area contributed by atoms with Crippen LogP contribution >= 0.6 is 12.6 Å². The molecule has 1 amide bonds. The molecule has 0 aromatic heterocycles. The van der Waals surface area contributed by atoms with Gasteiger partial charge in [0.25, 0.3) is 0 Å². The molecule has 0 saturated heterocycles. The van der Waals surface area contributed by atoms with Gasteiger partial charge in [0, 0.05) is 12.7 Å². The minimum absolute atomic E-state index is 0. The van der Waals surface area contributed by atoms with Crippen molar-refractivity contribution >= 4 is 62.2 Å². The number of aliphatic carboxylic acids is 1. The summed E-state index contributed by atoms with van der Waals surface area (Å²) in [6, 6.07) is -0.874. The Labute approximate surface area is 103 Å². The first-order valence-electron chi connectivity index (χ1n) is 2.68. The zero-order valence-electron chi connectivity index (χ0n) is 8.20. The molecule has 0 spiro atoms. The van der Waals surface area contributed by atoms with E-state index in [4.69, 9.17) is 5.11 Å².